The highest BCUT2D eigenvalue weighted by atomic mass is 32.2. The molecule has 19 heavy (non-hydrogen) atoms. The standard InChI is InChI=1S/C15H17N3S/c16-9-12-3-5-13(6-4-12)10-17-14-18-15(11-19-14)7-1-2-8-15/h3-6H,1-2,7-8,10-11H2,(H,17,18). The molecular formula is C15H17N3S. The molecule has 0 aromatic heterocycles. The molecule has 98 valence electrons. The van der Waals surface area contributed by atoms with E-state index >= 15 is 0 Å². The summed E-state index contributed by atoms with van der Waals surface area (Å²) in [6.07, 6.45) is 5.26. The van der Waals surface area contributed by atoms with Crippen LogP contribution in [0.25, 0.3) is 0 Å². The Bertz CT molecular complexity index is 521. The van der Waals surface area contributed by atoms with Gasteiger partial charge in [0.15, 0.2) is 5.17 Å². The molecule has 2 fully saturated rings. The zero-order valence-electron chi connectivity index (χ0n) is 10.9. The fraction of sp³-hybridized carbons (Fsp3) is 0.467. The van der Waals surface area contributed by atoms with Crippen molar-refractivity contribution in [3.63, 3.8) is 0 Å². The number of nitriles is 1. The summed E-state index contributed by atoms with van der Waals surface area (Å²) in [7, 11) is 0. The van der Waals surface area contributed by atoms with Crippen LogP contribution in [0.2, 0.25) is 0 Å². The van der Waals surface area contributed by atoms with Crippen molar-refractivity contribution in [2.75, 3.05) is 5.75 Å². The molecule has 1 aliphatic heterocycles. The van der Waals surface area contributed by atoms with E-state index in [0.717, 1.165) is 10.7 Å². The predicted molar refractivity (Wildman–Crippen MR) is 79.1 cm³/mol. The first-order valence-electron chi connectivity index (χ1n) is 6.74. The Labute approximate surface area is 118 Å². The first-order valence-corrected chi connectivity index (χ1v) is 7.73. The highest BCUT2D eigenvalue weighted by Gasteiger charge is 2.39. The minimum absolute atomic E-state index is 0.341. The zero-order valence-corrected chi connectivity index (χ0v) is 11.7. The highest BCUT2D eigenvalue weighted by Crippen LogP contribution is 2.37. The lowest BCUT2D eigenvalue weighted by atomic mass is 10.0. The molecule has 1 saturated carbocycles. The van der Waals surface area contributed by atoms with E-state index in [1.54, 1.807) is 0 Å². The van der Waals surface area contributed by atoms with E-state index in [2.05, 4.69) is 16.4 Å². The molecule has 0 radical (unpaired) electrons. The molecule has 1 aromatic rings. The monoisotopic (exact) mass is 271 g/mol. The number of thioether (sulfide) groups is 1. The van der Waals surface area contributed by atoms with E-state index in [1.807, 2.05) is 36.0 Å². The normalized spacial score (nSPS) is 22.6. The van der Waals surface area contributed by atoms with Crippen LogP contribution in [0.5, 0.6) is 0 Å². The van der Waals surface area contributed by atoms with Crippen molar-refractivity contribution < 1.29 is 0 Å². The maximum Gasteiger partial charge on any atom is 0.157 e. The minimum atomic E-state index is 0.341. The van der Waals surface area contributed by atoms with Crippen LogP contribution in [-0.2, 0) is 6.54 Å². The summed E-state index contributed by atoms with van der Waals surface area (Å²) >= 11 is 1.85. The smallest absolute Gasteiger partial charge is 0.157 e. The third kappa shape index (κ3) is 2.76. The second-order valence-corrected chi connectivity index (χ2v) is 6.30. The number of rotatable bonds is 2. The molecular weight excluding hydrogens is 254 g/mol. The SMILES string of the molecule is N#Cc1ccc(CN=C2NC3(CCCC3)CS2)cc1. The fourth-order valence-electron chi connectivity index (χ4n) is 2.76. The molecule has 1 N–H and O–H groups in total. The first kappa shape index (κ1) is 12.6. The number of amidine groups is 1. The second-order valence-electron chi connectivity index (χ2n) is 5.33. The number of benzene rings is 1. The van der Waals surface area contributed by atoms with E-state index in [0.29, 0.717) is 17.6 Å². The summed E-state index contributed by atoms with van der Waals surface area (Å²) in [6, 6.07) is 9.79. The number of hydrogen-bond donors (Lipinski definition) is 1. The van der Waals surface area contributed by atoms with E-state index in [4.69, 9.17) is 5.26 Å². The van der Waals surface area contributed by atoms with Gasteiger partial charge in [-0.1, -0.05) is 36.7 Å². The van der Waals surface area contributed by atoms with Crippen molar-refractivity contribution in [2.45, 2.75) is 37.8 Å². The van der Waals surface area contributed by atoms with Crippen LogP contribution in [0.15, 0.2) is 29.3 Å². The molecule has 1 aliphatic carbocycles. The lowest BCUT2D eigenvalue weighted by Gasteiger charge is -2.21. The molecule has 4 heteroatoms. The summed E-state index contributed by atoms with van der Waals surface area (Å²) in [5.41, 5.74) is 2.20. The van der Waals surface area contributed by atoms with Crippen molar-refractivity contribution in [1.82, 2.24) is 5.32 Å². The van der Waals surface area contributed by atoms with Gasteiger partial charge in [-0.05, 0) is 30.5 Å². The van der Waals surface area contributed by atoms with Crippen LogP contribution >= 0.6 is 11.8 Å². The molecule has 3 rings (SSSR count). The molecule has 2 aliphatic rings. The molecule has 0 amide bonds. The van der Waals surface area contributed by atoms with E-state index in [-0.39, 0.29) is 0 Å². The number of hydrogen-bond acceptors (Lipinski definition) is 3. The Morgan fingerprint density at radius 2 is 2.00 bits per heavy atom. The Kier molecular flexibility index (Phi) is 3.48. The van der Waals surface area contributed by atoms with Gasteiger partial charge in [-0.15, -0.1) is 0 Å². The van der Waals surface area contributed by atoms with Gasteiger partial charge in [-0.25, -0.2) is 0 Å². The van der Waals surface area contributed by atoms with E-state index in [9.17, 15) is 0 Å². The van der Waals surface area contributed by atoms with E-state index < -0.39 is 0 Å². The number of nitrogens with zero attached hydrogens (tertiary/aromatic N) is 2. The van der Waals surface area contributed by atoms with Crippen LogP contribution < -0.4 is 5.32 Å². The highest BCUT2D eigenvalue weighted by molar-refractivity contribution is 8.14. The zero-order chi connectivity index (χ0) is 13.1. The van der Waals surface area contributed by atoms with Gasteiger partial charge in [0.1, 0.15) is 0 Å². The van der Waals surface area contributed by atoms with E-state index in [1.165, 1.54) is 31.4 Å². The lowest BCUT2D eigenvalue weighted by Crippen LogP contribution is -2.40. The molecule has 1 spiro atoms. The first-order chi connectivity index (χ1) is 9.30. The van der Waals surface area contributed by atoms with Gasteiger partial charge in [-0.3, -0.25) is 4.99 Å². The van der Waals surface area contributed by atoms with Gasteiger partial charge in [0.05, 0.1) is 18.2 Å². The summed E-state index contributed by atoms with van der Waals surface area (Å²) in [4.78, 5) is 4.65. The molecule has 1 aromatic carbocycles. The van der Waals surface area contributed by atoms with Gasteiger partial charge >= 0.3 is 0 Å². The minimum Gasteiger partial charge on any atom is -0.359 e. The van der Waals surface area contributed by atoms with Crippen molar-refractivity contribution in [3.8, 4) is 6.07 Å². The average molecular weight is 271 g/mol. The van der Waals surface area contributed by atoms with Crippen molar-refractivity contribution in [3.05, 3.63) is 35.4 Å². The van der Waals surface area contributed by atoms with Crippen LogP contribution in [0.3, 0.4) is 0 Å². The fourth-order valence-corrected chi connectivity index (χ4v) is 3.98. The van der Waals surface area contributed by atoms with Crippen LogP contribution in [0.4, 0.5) is 0 Å². The van der Waals surface area contributed by atoms with Crippen molar-refractivity contribution in [2.24, 2.45) is 4.99 Å². The molecule has 3 nitrogen and oxygen atoms in total. The third-order valence-corrected chi connectivity index (χ3v) is 5.11. The third-order valence-electron chi connectivity index (χ3n) is 3.91. The van der Waals surface area contributed by atoms with Gasteiger partial charge in [0.25, 0.3) is 0 Å². The van der Waals surface area contributed by atoms with Gasteiger partial charge in [-0.2, -0.15) is 5.26 Å². The molecule has 0 unspecified atom stereocenters. The Morgan fingerprint density at radius 1 is 1.26 bits per heavy atom. The Morgan fingerprint density at radius 3 is 2.68 bits per heavy atom. The molecule has 0 atom stereocenters. The van der Waals surface area contributed by atoms with Crippen LogP contribution in [0, 0.1) is 11.3 Å². The summed E-state index contributed by atoms with van der Waals surface area (Å²) in [5.74, 6) is 1.17. The molecule has 0 bridgehead atoms. The lowest BCUT2D eigenvalue weighted by molar-refractivity contribution is 0.452. The van der Waals surface area contributed by atoms with Gasteiger partial charge < -0.3 is 5.32 Å². The number of nitrogens with one attached hydrogen (secondary N) is 1. The maximum absolute atomic E-state index is 8.76. The number of aliphatic imine (C=N–C) groups is 1. The maximum atomic E-state index is 8.76. The predicted octanol–water partition coefficient (Wildman–Crippen LogP) is 3.06. The largest absolute Gasteiger partial charge is 0.359 e. The second kappa shape index (κ2) is 5.26. The summed E-state index contributed by atoms with van der Waals surface area (Å²) < 4.78 is 0. The quantitative estimate of drug-likeness (QED) is 0.899. The summed E-state index contributed by atoms with van der Waals surface area (Å²) in [5, 5.41) is 13.5. The topological polar surface area (TPSA) is 48.2 Å². The van der Waals surface area contributed by atoms with Crippen LogP contribution in [0.1, 0.15) is 36.8 Å². The average Bonchev–Trinajstić information content (AvgIpc) is 3.08. The Hall–Kier alpha value is -1.47. The van der Waals surface area contributed by atoms with Crippen molar-refractivity contribution in [1.29, 1.82) is 5.26 Å². The molecule has 1 heterocycles. The van der Waals surface area contributed by atoms with Gasteiger partial charge in [0.2, 0.25) is 0 Å². The van der Waals surface area contributed by atoms with Crippen molar-refractivity contribution >= 4 is 16.9 Å². The Balaban J connectivity index is 1.62. The van der Waals surface area contributed by atoms with Crippen LogP contribution in [-0.4, -0.2) is 16.5 Å². The molecule has 1 saturated heterocycles. The summed E-state index contributed by atoms with van der Waals surface area (Å²) in [6.45, 7) is 0.692. The van der Waals surface area contributed by atoms with Gasteiger partial charge in [0, 0.05) is 11.3 Å².